The van der Waals surface area contributed by atoms with Gasteiger partial charge < -0.3 is 19.2 Å². The van der Waals surface area contributed by atoms with Crippen LogP contribution in [0.15, 0.2) is 0 Å². The van der Waals surface area contributed by atoms with Crippen molar-refractivity contribution in [2.75, 3.05) is 19.7 Å². The number of hydrogen-bond donors (Lipinski definition) is 0. The first-order chi connectivity index (χ1) is 12.2. The molecule has 1 aliphatic heterocycles. The number of fused-ring (bicyclic) bond motifs is 1. The Morgan fingerprint density at radius 1 is 1.23 bits per heavy atom. The summed E-state index contributed by atoms with van der Waals surface area (Å²) in [6.45, 7) is 11.4. The number of nitrogens with zero attached hydrogens (tertiary/aromatic N) is 2. The normalized spacial score (nSPS) is 19.7. The summed E-state index contributed by atoms with van der Waals surface area (Å²) in [5.74, 6) is 1.01. The number of carbonyl (C=O) groups excluding carboxylic acids is 2. The molecule has 0 N–H and O–H groups in total. The maximum absolute atomic E-state index is 12.0. The second kappa shape index (κ2) is 6.89. The van der Waals surface area contributed by atoms with Crippen molar-refractivity contribution < 1.29 is 19.1 Å². The van der Waals surface area contributed by atoms with Crippen LogP contribution in [-0.2, 0) is 22.4 Å². The van der Waals surface area contributed by atoms with Crippen LogP contribution in [0.3, 0.4) is 0 Å². The number of amides is 1. The van der Waals surface area contributed by atoms with Crippen LogP contribution in [0, 0.1) is 25.7 Å². The number of pyridine rings is 1. The van der Waals surface area contributed by atoms with Gasteiger partial charge in [-0.15, -0.1) is 0 Å². The number of rotatable bonds is 4. The van der Waals surface area contributed by atoms with Crippen LogP contribution < -0.4 is 4.74 Å². The van der Waals surface area contributed by atoms with Gasteiger partial charge in [0.15, 0.2) is 0 Å². The number of likely N-dealkylation sites (tertiary alicyclic amines) is 1. The van der Waals surface area contributed by atoms with Crippen molar-refractivity contribution in [1.29, 1.82) is 0 Å². The Labute approximate surface area is 154 Å². The quantitative estimate of drug-likeness (QED) is 0.772. The van der Waals surface area contributed by atoms with Crippen molar-refractivity contribution in [3.05, 3.63) is 22.4 Å². The van der Waals surface area contributed by atoms with Gasteiger partial charge in [-0.2, -0.15) is 0 Å². The fourth-order valence-electron chi connectivity index (χ4n) is 3.61. The molecule has 1 amide bonds. The average molecular weight is 360 g/mol. The minimum absolute atomic E-state index is 0.0634. The Bertz CT molecular complexity index is 718. The van der Waals surface area contributed by atoms with E-state index in [-0.39, 0.29) is 12.0 Å². The van der Waals surface area contributed by atoms with E-state index in [9.17, 15) is 9.59 Å². The van der Waals surface area contributed by atoms with Crippen molar-refractivity contribution in [2.24, 2.45) is 11.8 Å². The van der Waals surface area contributed by atoms with Crippen LogP contribution in [0.5, 0.6) is 5.88 Å². The summed E-state index contributed by atoms with van der Waals surface area (Å²) in [5, 5.41) is 0. The Hall–Kier alpha value is -2.11. The highest BCUT2D eigenvalue weighted by Gasteiger charge is 2.34. The molecule has 2 aliphatic rings. The van der Waals surface area contributed by atoms with Gasteiger partial charge in [0.25, 0.3) is 0 Å². The highest BCUT2D eigenvalue weighted by Crippen LogP contribution is 2.34. The third-order valence-corrected chi connectivity index (χ3v) is 5.03. The molecule has 1 atom stereocenters. The van der Waals surface area contributed by atoms with Crippen LogP contribution in [-0.4, -0.2) is 47.6 Å². The van der Waals surface area contributed by atoms with Crippen molar-refractivity contribution in [2.45, 2.75) is 53.1 Å². The third-order valence-electron chi connectivity index (χ3n) is 5.03. The summed E-state index contributed by atoms with van der Waals surface area (Å²) >= 11 is 0. The standard InChI is InChI=1S/C20H28N2O4/c1-12-16-6-14(10-23)7-17(16)13(2)21-18(12)25-11-15-8-22(9-15)19(24)26-20(3,4)5/h10,14-15H,6-9,11H2,1-5H3. The van der Waals surface area contributed by atoms with Crippen molar-refractivity contribution in [1.82, 2.24) is 9.88 Å². The third kappa shape index (κ3) is 3.84. The van der Waals surface area contributed by atoms with E-state index in [1.165, 1.54) is 11.1 Å². The Kier molecular flexibility index (Phi) is 4.95. The van der Waals surface area contributed by atoms with Gasteiger partial charge in [0.1, 0.15) is 11.9 Å². The molecular weight excluding hydrogens is 332 g/mol. The number of aromatic nitrogens is 1. The molecular formula is C20H28N2O4. The SMILES string of the molecule is Cc1nc(OCC2CN(C(=O)OC(C)(C)C)C2)c(C)c2c1CC(C=O)C2. The molecule has 142 valence electrons. The van der Waals surface area contributed by atoms with E-state index >= 15 is 0 Å². The van der Waals surface area contributed by atoms with Crippen LogP contribution in [0.25, 0.3) is 0 Å². The maximum Gasteiger partial charge on any atom is 0.410 e. The molecule has 1 aromatic rings. The zero-order valence-electron chi connectivity index (χ0n) is 16.3. The van der Waals surface area contributed by atoms with Gasteiger partial charge >= 0.3 is 6.09 Å². The zero-order valence-corrected chi connectivity index (χ0v) is 16.3. The van der Waals surface area contributed by atoms with Gasteiger partial charge in [-0.3, -0.25) is 0 Å². The predicted molar refractivity (Wildman–Crippen MR) is 97.5 cm³/mol. The van der Waals surface area contributed by atoms with E-state index in [1.807, 2.05) is 34.6 Å². The average Bonchev–Trinajstić information content (AvgIpc) is 2.93. The van der Waals surface area contributed by atoms with Gasteiger partial charge in [0.2, 0.25) is 5.88 Å². The number of hydrogen-bond acceptors (Lipinski definition) is 5. The van der Waals surface area contributed by atoms with Gasteiger partial charge in [-0.05, 0) is 58.6 Å². The molecule has 1 aliphatic carbocycles. The van der Waals surface area contributed by atoms with E-state index in [4.69, 9.17) is 9.47 Å². The maximum atomic E-state index is 12.0. The molecule has 0 radical (unpaired) electrons. The summed E-state index contributed by atoms with van der Waals surface area (Å²) in [7, 11) is 0. The first-order valence-electron chi connectivity index (χ1n) is 9.23. The number of aryl methyl sites for hydroxylation is 1. The molecule has 3 rings (SSSR count). The molecule has 0 aromatic carbocycles. The zero-order chi connectivity index (χ0) is 19.1. The van der Waals surface area contributed by atoms with Crippen LogP contribution >= 0.6 is 0 Å². The lowest BCUT2D eigenvalue weighted by atomic mass is 10.0. The smallest absolute Gasteiger partial charge is 0.410 e. The van der Waals surface area contributed by atoms with Crippen LogP contribution in [0.2, 0.25) is 0 Å². The fraction of sp³-hybridized carbons (Fsp3) is 0.650. The summed E-state index contributed by atoms with van der Waals surface area (Å²) in [4.78, 5) is 29.4. The van der Waals surface area contributed by atoms with Crippen LogP contribution in [0.1, 0.15) is 43.2 Å². The number of aldehydes is 1. The predicted octanol–water partition coefficient (Wildman–Crippen LogP) is 2.86. The molecule has 26 heavy (non-hydrogen) atoms. The van der Waals surface area contributed by atoms with Gasteiger partial charge in [0, 0.05) is 36.2 Å². The van der Waals surface area contributed by atoms with Gasteiger partial charge in [0.05, 0.1) is 6.61 Å². The summed E-state index contributed by atoms with van der Waals surface area (Å²) in [6, 6.07) is 0. The molecule has 0 saturated carbocycles. The number of carbonyl (C=O) groups is 2. The highest BCUT2D eigenvalue weighted by molar-refractivity contribution is 5.69. The second-order valence-corrected chi connectivity index (χ2v) is 8.45. The fourth-order valence-corrected chi connectivity index (χ4v) is 3.61. The Morgan fingerprint density at radius 2 is 1.88 bits per heavy atom. The summed E-state index contributed by atoms with van der Waals surface area (Å²) in [5.41, 5.74) is 3.94. The van der Waals surface area contributed by atoms with E-state index in [2.05, 4.69) is 4.98 Å². The van der Waals surface area contributed by atoms with Crippen molar-refractivity contribution in [3.63, 3.8) is 0 Å². The largest absolute Gasteiger partial charge is 0.477 e. The molecule has 2 heterocycles. The van der Waals surface area contributed by atoms with Gasteiger partial charge in [-0.25, -0.2) is 9.78 Å². The molecule has 6 nitrogen and oxygen atoms in total. The monoisotopic (exact) mass is 360 g/mol. The lowest BCUT2D eigenvalue weighted by molar-refractivity contribution is -0.110. The summed E-state index contributed by atoms with van der Waals surface area (Å²) in [6.07, 6.45) is 2.34. The number of ether oxygens (including phenoxy) is 2. The van der Waals surface area contributed by atoms with E-state index in [0.717, 1.165) is 30.4 Å². The van der Waals surface area contributed by atoms with E-state index in [0.29, 0.717) is 31.5 Å². The molecule has 1 unspecified atom stereocenters. The highest BCUT2D eigenvalue weighted by atomic mass is 16.6. The topological polar surface area (TPSA) is 68.7 Å². The first-order valence-corrected chi connectivity index (χ1v) is 9.23. The molecule has 1 fully saturated rings. The minimum atomic E-state index is -0.471. The Balaban J connectivity index is 1.55. The molecule has 1 saturated heterocycles. The molecule has 1 aromatic heterocycles. The van der Waals surface area contributed by atoms with Gasteiger partial charge in [-0.1, -0.05) is 0 Å². The molecule has 6 heteroatoms. The lowest BCUT2D eigenvalue weighted by Crippen LogP contribution is -2.53. The molecule has 0 bridgehead atoms. The summed E-state index contributed by atoms with van der Waals surface area (Å²) < 4.78 is 11.3. The second-order valence-electron chi connectivity index (χ2n) is 8.45. The van der Waals surface area contributed by atoms with Crippen LogP contribution in [0.4, 0.5) is 4.79 Å². The lowest BCUT2D eigenvalue weighted by Gasteiger charge is -2.39. The molecule has 0 spiro atoms. The van der Waals surface area contributed by atoms with Crippen molar-refractivity contribution >= 4 is 12.4 Å². The van der Waals surface area contributed by atoms with E-state index < -0.39 is 5.60 Å². The minimum Gasteiger partial charge on any atom is -0.477 e. The van der Waals surface area contributed by atoms with E-state index in [1.54, 1.807) is 4.90 Å². The van der Waals surface area contributed by atoms with Crippen molar-refractivity contribution in [3.8, 4) is 5.88 Å². The Morgan fingerprint density at radius 3 is 2.50 bits per heavy atom. The first kappa shape index (κ1) is 18.7.